The van der Waals surface area contributed by atoms with Crippen molar-refractivity contribution in [1.29, 1.82) is 0 Å². The predicted octanol–water partition coefficient (Wildman–Crippen LogP) is 4.66. The zero-order valence-electron chi connectivity index (χ0n) is 15.1. The third-order valence-electron chi connectivity index (χ3n) is 4.70. The van der Waals surface area contributed by atoms with E-state index in [0.717, 1.165) is 41.1 Å². The van der Waals surface area contributed by atoms with Crippen LogP contribution >= 0.6 is 11.6 Å². The smallest absolute Gasteiger partial charge is 0.165 e. The molecule has 140 valence electrons. The van der Waals surface area contributed by atoms with E-state index in [1.807, 2.05) is 30.3 Å². The van der Waals surface area contributed by atoms with Gasteiger partial charge < -0.3 is 14.4 Å². The van der Waals surface area contributed by atoms with E-state index < -0.39 is 0 Å². The van der Waals surface area contributed by atoms with Crippen molar-refractivity contribution in [2.45, 2.75) is 26.4 Å². The number of aromatic hydroxyl groups is 1. The number of phenols is 1. The molecule has 0 spiro atoms. The zero-order valence-corrected chi connectivity index (χ0v) is 15.9. The summed E-state index contributed by atoms with van der Waals surface area (Å²) >= 11 is 6.12. The largest absolute Gasteiger partial charge is 0.504 e. The Morgan fingerprint density at radius 3 is 2.85 bits per heavy atom. The van der Waals surface area contributed by atoms with Gasteiger partial charge in [-0.15, -0.1) is 0 Å². The van der Waals surface area contributed by atoms with Crippen molar-refractivity contribution in [1.82, 2.24) is 10.1 Å². The van der Waals surface area contributed by atoms with Gasteiger partial charge in [0.05, 0.1) is 12.2 Å². The van der Waals surface area contributed by atoms with Crippen LogP contribution in [0.15, 0.2) is 47.0 Å². The lowest BCUT2D eigenvalue weighted by atomic mass is 10.0. The second kappa shape index (κ2) is 7.62. The number of benzene rings is 2. The summed E-state index contributed by atoms with van der Waals surface area (Å²) in [5.41, 5.74) is 3.77. The fourth-order valence-electron chi connectivity index (χ4n) is 3.34. The Labute approximate surface area is 163 Å². The molecule has 6 heteroatoms. The van der Waals surface area contributed by atoms with Crippen molar-refractivity contribution in [2.75, 3.05) is 13.2 Å². The third-order valence-corrected chi connectivity index (χ3v) is 4.94. The molecule has 0 unspecified atom stereocenters. The minimum atomic E-state index is 0.150. The van der Waals surface area contributed by atoms with Crippen LogP contribution in [-0.4, -0.2) is 28.3 Å². The van der Waals surface area contributed by atoms with Crippen molar-refractivity contribution in [2.24, 2.45) is 0 Å². The monoisotopic (exact) mass is 384 g/mol. The van der Waals surface area contributed by atoms with E-state index in [1.54, 1.807) is 6.07 Å². The average Bonchev–Trinajstić information content (AvgIpc) is 3.00. The Hall–Kier alpha value is -2.50. The highest BCUT2D eigenvalue weighted by Gasteiger charge is 2.21. The van der Waals surface area contributed by atoms with Gasteiger partial charge in [0.1, 0.15) is 6.61 Å². The predicted molar refractivity (Wildman–Crippen MR) is 104 cm³/mol. The van der Waals surface area contributed by atoms with Crippen LogP contribution in [0.4, 0.5) is 0 Å². The minimum Gasteiger partial charge on any atom is -0.504 e. The number of phenolic OH excluding ortho intramolecular Hbond substituents is 1. The second-order valence-corrected chi connectivity index (χ2v) is 7.13. The molecule has 1 N–H and O–H groups in total. The Balaban J connectivity index is 1.62. The van der Waals surface area contributed by atoms with Crippen molar-refractivity contribution < 1.29 is 14.4 Å². The number of hydrogen-bond donors (Lipinski definition) is 1. The summed E-state index contributed by atoms with van der Waals surface area (Å²) < 4.78 is 11.2. The van der Waals surface area contributed by atoms with Gasteiger partial charge in [-0.05, 0) is 41.8 Å². The molecule has 1 aliphatic rings. The average molecular weight is 385 g/mol. The van der Waals surface area contributed by atoms with Crippen LogP contribution in [0.1, 0.15) is 23.9 Å². The molecule has 3 aromatic rings. The van der Waals surface area contributed by atoms with E-state index >= 15 is 0 Å². The number of aryl methyl sites for hydroxylation is 1. The first-order valence-electron chi connectivity index (χ1n) is 9.04. The summed E-state index contributed by atoms with van der Waals surface area (Å²) in [5, 5.41) is 15.2. The Morgan fingerprint density at radius 2 is 2.07 bits per heavy atom. The molecule has 2 heterocycles. The highest BCUT2D eigenvalue weighted by Crippen LogP contribution is 2.38. The number of halogens is 1. The lowest BCUT2D eigenvalue weighted by molar-refractivity contribution is 0.198. The summed E-state index contributed by atoms with van der Waals surface area (Å²) in [6, 6.07) is 13.4. The van der Waals surface area contributed by atoms with Gasteiger partial charge >= 0.3 is 0 Å². The van der Waals surface area contributed by atoms with E-state index in [-0.39, 0.29) is 5.75 Å². The molecule has 0 fully saturated rings. The number of nitrogens with zero attached hydrogens (tertiary/aromatic N) is 2. The maximum absolute atomic E-state index is 10.5. The summed E-state index contributed by atoms with van der Waals surface area (Å²) in [6.07, 6.45) is 0.853. The maximum atomic E-state index is 10.5. The summed E-state index contributed by atoms with van der Waals surface area (Å²) in [4.78, 5) is 2.23. The number of hydrogen-bond acceptors (Lipinski definition) is 5. The summed E-state index contributed by atoms with van der Waals surface area (Å²) in [6.45, 7) is 4.60. The van der Waals surface area contributed by atoms with Crippen LogP contribution in [0.3, 0.4) is 0 Å². The quantitative estimate of drug-likeness (QED) is 0.709. The highest BCUT2D eigenvalue weighted by atomic mass is 35.5. The minimum absolute atomic E-state index is 0.150. The van der Waals surface area contributed by atoms with Gasteiger partial charge in [-0.2, -0.15) is 0 Å². The molecule has 4 rings (SSSR count). The molecular formula is C21H21ClN2O3. The van der Waals surface area contributed by atoms with Crippen molar-refractivity contribution in [3.05, 3.63) is 64.5 Å². The van der Waals surface area contributed by atoms with E-state index in [9.17, 15) is 5.11 Å². The molecule has 5 nitrogen and oxygen atoms in total. The Kier molecular flexibility index (Phi) is 5.05. The molecule has 0 saturated heterocycles. The molecule has 0 bridgehead atoms. The maximum Gasteiger partial charge on any atom is 0.165 e. The fourth-order valence-corrected chi connectivity index (χ4v) is 3.53. The van der Waals surface area contributed by atoms with Crippen LogP contribution in [0, 0.1) is 0 Å². The van der Waals surface area contributed by atoms with Crippen LogP contribution in [-0.2, 0) is 19.5 Å². The molecule has 0 atom stereocenters. The van der Waals surface area contributed by atoms with Gasteiger partial charge in [-0.3, -0.25) is 4.90 Å². The molecule has 27 heavy (non-hydrogen) atoms. The third kappa shape index (κ3) is 3.94. The SMILES string of the molecule is CCc1cc(CN2CCOc3c(O)cc(-c4cccc(Cl)c4)cc3C2)on1. The van der Waals surface area contributed by atoms with E-state index in [2.05, 4.69) is 23.0 Å². The molecule has 1 aliphatic heterocycles. The molecular weight excluding hydrogens is 364 g/mol. The first-order chi connectivity index (χ1) is 13.1. The molecule has 0 radical (unpaired) electrons. The van der Waals surface area contributed by atoms with Gasteiger partial charge in [0.25, 0.3) is 0 Å². The van der Waals surface area contributed by atoms with Gasteiger partial charge in [0, 0.05) is 29.7 Å². The number of fused-ring (bicyclic) bond motifs is 1. The standard InChI is InChI=1S/C21H21ClN2O3/c1-2-18-11-19(27-23-18)13-24-6-7-26-21-16(12-24)8-15(10-20(21)25)14-4-3-5-17(22)9-14/h3-5,8-11,25H,2,6-7,12-13H2,1H3. The van der Waals surface area contributed by atoms with Gasteiger partial charge in [-0.25, -0.2) is 0 Å². The van der Waals surface area contributed by atoms with Crippen LogP contribution in [0.5, 0.6) is 11.5 Å². The summed E-state index contributed by atoms with van der Waals surface area (Å²) in [5.74, 6) is 1.54. The van der Waals surface area contributed by atoms with Gasteiger partial charge in [0.2, 0.25) is 0 Å². The van der Waals surface area contributed by atoms with Crippen LogP contribution in [0.25, 0.3) is 11.1 Å². The van der Waals surface area contributed by atoms with Crippen molar-refractivity contribution in [3.8, 4) is 22.6 Å². The summed E-state index contributed by atoms with van der Waals surface area (Å²) in [7, 11) is 0. The Bertz CT molecular complexity index is 954. The molecule has 2 aromatic carbocycles. The van der Waals surface area contributed by atoms with Crippen LogP contribution in [0.2, 0.25) is 5.02 Å². The lowest BCUT2D eigenvalue weighted by Gasteiger charge is -2.17. The molecule has 0 saturated carbocycles. The first-order valence-corrected chi connectivity index (χ1v) is 9.41. The normalized spacial score (nSPS) is 14.4. The van der Waals surface area contributed by atoms with Crippen molar-refractivity contribution >= 4 is 11.6 Å². The molecule has 1 aromatic heterocycles. The fraction of sp³-hybridized carbons (Fsp3) is 0.286. The number of aromatic nitrogens is 1. The topological polar surface area (TPSA) is 58.7 Å². The number of rotatable bonds is 4. The first kappa shape index (κ1) is 17.9. The molecule has 0 amide bonds. The van der Waals surface area contributed by atoms with Crippen LogP contribution < -0.4 is 4.74 Å². The molecule has 0 aliphatic carbocycles. The van der Waals surface area contributed by atoms with Gasteiger partial charge in [0.15, 0.2) is 17.3 Å². The van der Waals surface area contributed by atoms with E-state index in [0.29, 0.717) is 30.5 Å². The Morgan fingerprint density at radius 1 is 1.19 bits per heavy atom. The number of ether oxygens (including phenoxy) is 1. The van der Waals surface area contributed by atoms with E-state index in [1.165, 1.54) is 0 Å². The van der Waals surface area contributed by atoms with Crippen molar-refractivity contribution in [3.63, 3.8) is 0 Å². The van der Waals surface area contributed by atoms with Gasteiger partial charge in [-0.1, -0.05) is 35.8 Å². The van der Waals surface area contributed by atoms with E-state index in [4.69, 9.17) is 20.9 Å². The highest BCUT2D eigenvalue weighted by molar-refractivity contribution is 6.30. The zero-order chi connectivity index (χ0) is 18.8. The second-order valence-electron chi connectivity index (χ2n) is 6.69. The lowest BCUT2D eigenvalue weighted by Crippen LogP contribution is -2.25.